The fourth-order valence-corrected chi connectivity index (χ4v) is 1.80. The first-order valence-electron chi connectivity index (χ1n) is 5.04. The molecule has 78 valence electrons. The van der Waals surface area contributed by atoms with Crippen molar-refractivity contribution in [2.75, 3.05) is 7.11 Å². The Morgan fingerprint density at radius 1 is 1.20 bits per heavy atom. The molecule has 0 radical (unpaired) electrons. The molecule has 1 atom stereocenters. The van der Waals surface area contributed by atoms with Crippen LogP contribution in [0.2, 0.25) is 0 Å². The maximum atomic E-state index is 5.93. The minimum absolute atomic E-state index is 0.0424. The Labute approximate surface area is 89.7 Å². The summed E-state index contributed by atoms with van der Waals surface area (Å²) in [5.41, 5.74) is 7.09. The van der Waals surface area contributed by atoms with E-state index in [9.17, 15) is 0 Å². The van der Waals surface area contributed by atoms with Crippen LogP contribution in [0.5, 0.6) is 5.75 Å². The molecular weight excluding hydrogens is 186 g/mol. The van der Waals surface area contributed by atoms with Crippen LogP contribution in [0, 0.1) is 0 Å². The fraction of sp³-hybridized carbons (Fsp3) is 0.231. The molecule has 2 rings (SSSR count). The van der Waals surface area contributed by atoms with E-state index in [0.717, 1.165) is 11.3 Å². The van der Waals surface area contributed by atoms with Crippen LogP contribution in [0.25, 0.3) is 10.8 Å². The summed E-state index contributed by atoms with van der Waals surface area (Å²) in [6.45, 7) is 1.99. The topological polar surface area (TPSA) is 35.2 Å². The van der Waals surface area contributed by atoms with Crippen LogP contribution in [-0.2, 0) is 0 Å². The molecule has 2 aromatic rings. The molecule has 0 bridgehead atoms. The number of hydrogen-bond acceptors (Lipinski definition) is 2. The molecule has 0 spiro atoms. The van der Waals surface area contributed by atoms with Crippen molar-refractivity contribution in [2.24, 2.45) is 5.73 Å². The van der Waals surface area contributed by atoms with Crippen LogP contribution in [0.3, 0.4) is 0 Å². The second-order valence-electron chi connectivity index (χ2n) is 3.72. The summed E-state index contributed by atoms with van der Waals surface area (Å²) < 4.78 is 5.22. The van der Waals surface area contributed by atoms with Gasteiger partial charge in [-0.25, -0.2) is 0 Å². The molecular formula is C13H15NO. The Kier molecular flexibility index (Phi) is 2.60. The van der Waals surface area contributed by atoms with Crippen LogP contribution in [0.4, 0.5) is 0 Å². The number of methoxy groups -OCH3 is 1. The van der Waals surface area contributed by atoms with Crippen molar-refractivity contribution < 1.29 is 4.74 Å². The lowest BCUT2D eigenvalue weighted by Crippen LogP contribution is -2.05. The van der Waals surface area contributed by atoms with Gasteiger partial charge in [0.05, 0.1) is 7.11 Å². The Hall–Kier alpha value is -1.54. The number of rotatable bonds is 2. The van der Waals surface area contributed by atoms with E-state index < -0.39 is 0 Å². The van der Waals surface area contributed by atoms with Crippen molar-refractivity contribution >= 4 is 10.8 Å². The summed E-state index contributed by atoms with van der Waals surface area (Å²) in [6, 6.07) is 12.3. The molecule has 0 aliphatic rings. The molecule has 0 saturated carbocycles. The third kappa shape index (κ3) is 1.81. The molecule has 15 heavy (non-hydrogen) atoms. The number of hydrogen-bond donors (Lipinski definition) is 1. The number of benzene rings is 2. The quantitative estimate of drug-likeness (QED) is 0.810. The third-order valence-corrected chi connectivity index (χ3v) is 2.61. The molecule has 0 saturated heterocycles. The molecule has 0 aromatic heterocycles. The van der Waals surface area contributed by atoms with Gasteiger partial charge in [0.1, 0.15) is 5.75 Å². The summed E-state index contributed by atoms with van der Waals surface area (Å²) in [5, 5.41) is 2.37. The highest BCUT2D eigenvalue weighted by Gasteiger charge is 2.05. The second kappa shape index (κ2) is 3.91. The Balaban J connectivity index is 2.70. The first-order valence-corrected chi connectivity index (χ1v) is 5.04. The van der Waals surface area contributed by atoms with Crippen molar-refractivity contribution in [1.29, 1.82) is 0 Å². The van der Waals surface area contributed by atoms with E-state index in [1.165, 1.54) is 10.8 Å². The zero-order valence-electron chi connectivity index (χ0n) is 9.03. The van der Waals surface area contributed by atoms with E-state index >= 15 is 0 Å². The summed E-state index contributed by atoms with van der Waals surface area (Å²) in [6.07, 6.45) is 0. The third-order valence-electron chi connectivity index (χ3n) is 2.61. The minimum atomic E-state index is 0.0424. The lowest BCUT2D eigenvalue weighted by molar-refractivity contribution is 0.415. The van der Waals surface area contributed by atoms with Crippen molar-refractivity contribution in [3.63, 3.8) is 0 Å². The van der Waals surface area contributed by atoms with E-state index in [4.69, 9.17) is 10.5 Å². The van der Waals surface area contributed by atoms with Gasteiger partial charge in [-0.05, 0) is 35.4 Å². The number of nitrogens with two attached hydrogens (primary N) is 1. The normalized spacial score (nSPS) is 12.7. The number of ether oxygens (including phenoxy) is 1. The first kappa shape index (κ1) is 9.99. The summed E-state index contributed by atoms with van der Waals surface area (Å²) in [7, 11) is 1.68. The Morgan fingerprint density at radius 2 is 2.00 bits per heavy atom. The predicted octanol–water partition coefficient (Wildman–Crippen LogP) is 2.87. The van der Waals surface area contributed by atoms with Crippen molar-refractivity contribution in [2.45, 2.75) is 13.0 Å². The van der Waals surface area contributed by atoms with Gasteiger partial charge in [0.25, 0.3) is 0 Å². The van der Waals surface area contributed by atoms with Gasteiger partial charge in [0.15, 0.2) is 0 Å². The molecule has 2 aromatic carbocycles. The van der Waals surface area contributed by atoms with Crippen molar-refractivity contribution in [1.82, 2.24) is 0 Å². The van der Waals surface area contributed by atoms with Gasteiger partial charge in [-0.3, -0.25) is 0 Å². The molecule has 0 amide bonds. The van der Waals surface area contributed by atoms with Crippen LogP contribution in [0.1, 0.15) is 18.5 Å². The van der Waals surface area contributed by atoms with Crippen LogP contribution in [0.15, 0.2) is 36.4 Å². The highest BCUT2D eigenvalue weighted by atomic mass is 16.5. The number of fused-ring (bicyclic) bond motifs is 1. The Bertz CT molecular complexity index is 477. The maximum Gasteiger partial charge on any atom is 0.119 e. The average molecular weight is 201 g/mol. The van der Waals surface area contributed by atoms with E-state index in [-0.39, 0.29) is 6.04 Å². The van der Waals surface area contributed by atoms with Gasteiger partial charge in [-0.2, -0.15) is 0 Å². The van der Waals surface area contributed by atoms with E-state index in [2.05, 4.69) is 18.2 Å². The average Bonchev–Trinajstić information content (AvgIpc) is 2.27. The van der Waals surface area contributed by atoms with Crippen molar-refractivity contribution in [3.05, 3.63) is 42.0 Å². The van der Waals surface area contributed by atoms with E-state index in [1.807, 2.05) is 25.1 Å². The Morgan fingerprint density at radius 3 is 2.67 bits per heavy atom. The standard InChI is InChI=1S/C13H15NO/c1-9(14)12-5-3-4-10-6-7-11(15-2)8-13(10)12/h3-9H,14H2,1-2H3. The van der Waals surface area contributed by atoms with Crippen LogP contribution >= 0.6 is 0 Å². The molecule has 2 nitrogen and oxygen atoms in total. The lowest BCUT2D eigenvalue weighted by atomic mass is 10.00. The maximum absolute atomic E-state index is 5.93. The van der Waals surface area contributed by atoms with Crippen LogP contribution in [-0.4, -0.2) is 7.11 Å². The summed E-state index contributed by atoms with van der Waals surface area (Å²) >= 11 is 0. The predicted molar refractivity (Wildman–Crippen MR) is 63.1 cm³/mol. The molecule has 0 heterocycles. The van der Waals surface area contributed by atoms with Gasteiger partial charge in [0, 0.05) is 6.04 Å². The summed E-state index contributed by atoms with van der Waals surface area (Å²) in [5.74, 6) is 0.871. The van der Waals surface area contributed by atoms with Gasteiger partial charge in [0.2, 0.25) is 0 Å². The van der Waals surface area contributed by atoms with Gasteiger partial charge < -0.3 is 10.5 Å². The van der Waals surface area contributed by atoms with E-state index in [1.54, 1.807) is 7.11 Å². The van der Waals surface area contributed by atoms with Crippen molar-refractivity contribution in [3.8, 4) is 5.75 Å². The molecule has 2 N–H and O–H groups in total. The van der Waals surface area contributed by atoms with Crippen LogP contribution < -0.4 is 10.5 Å². The minimum Gasteiger partial charge on any atom is -0.497 e. The molecule has 0 aliphatic carbocycles. The van der Waals surface area contributed by atoms with E-state index in [0.29, 0.717) is 0 Å². The highest BCUT2D eigenvalue weighted by molar-refractivity contribution is 5.87. The monoisotopic (exact) mass is 201 g/mol. The highest BCUT2D eigenvalue weighted by Crippen LogP contribution is 2.26. The fourth-order valence-electron chi connectivity index (χ4n) is 1.80. The zero-order chi connectivity index (χ0) is 10.8. The van der Waals surface area contributed by atoms with Gasteiger partial charge in [-0.1, -0.05) is 24.3 Å². The second-order valence-corrected chi connectivity index (χ2v) is 3.72. The molecule has 1 unspecified atom stereocenters. The lowest BCUT2D eigenvalue weighted by Gasteiger charge is -2.10. The SMILES string of the molecule is COc1ccc2cccc(C(C)N)c2c1. The smallest absolute Gasteiger partial charge is 0.119 e. The summed E-state index contributed by atoms with van der Waals surface area (Å²) in [4.78, 5) is 0. The van der Waals surface area contributed by atoms with Gasteiger partial charge >= 0.3 is 0 Å². The molecule has 2 heteroatoms. The molecule has 0 fully saturated rings. The largest absolute Gasteiger partial charge is 0.497 e. The molecule has 0 aliphatic heterocycles. The first-order chi connectivity index (χ1) is 7.22. The zero-order valence-corrected chi connectivity index (χ0v) is 9.03. The van der Waals surface area contributed by atoms with Gasteiger partial charge in [-0.15, -0.1) is 0 Å².